The summed E-state index contributed by atoms with van der Waals surface area (Å²) < 4.78 is 10.2. The summed E-state index contributed by atoms with van der Waals surface area (Å²) in [4.78, 5) is 29.6. The van der Waals surface area contributed by atoms with Crippen molar-refractivity contribution in [3.8, 4) is 0 Å². The number of furan rings is 1. The van der Waals surface area contributed by atoms with Crippen molar-refractivity contribution in [3.05, 3.63) is 34.2 Å². The topological polar surface area (TPSA) is 72.6 Å². The molecule has 0 bridgehead atoms. The van der Waals surface area contributed by atoms with Gasteiger partial charge < -0.3 is 14.1 Å². The summed E-state index contributed by atoms with van der Waals surface area (Å²) in [5.74, 6) is 0.803. The van der Waals surface area contributed by atoms with Crippen LogP contribution < -0.4 is 4.90 Å². The largest absolute Gasteiger partial charge is 0.464 e. The van der Waals surface area contributed by atoms with E-state index in [9.17, 15) is 9.59 Å². The molecule has 0 saturated heterocycles. The van der Waals surface area contributed by atoms with Gasteiger partial charge >= 0.3 is 5.97 Å². The third-order valence-electron chi connectivity index (χ3n) is 2.83. The van der Waals surface area contributed by atoms with Crippen LogP contribution in [0.15, 0.2) is 16.5 Å². The van der Waals surface area contributed by atoms with Crippen molar-refractivity contribution in [1.29, 1.82) is 0 Å². The zero-order chi connectivity index (χ0) is 15.6. The average molecular weight is 308 g/mol. The highest BCUT2D eigenvalue weighted by molar-refractivity contribution is 7.17. The Hall–Kier alpha value is -2.15. The number of ketones is 1. The summed E-state index contributed by atoms with van der Waals surface area (Å²) in [6.07, 6.45) is 0. The molecule has 0 aromatic carbocycles. The summed E-state index contributed by atoms with van der Waals surface area (Å²) in [6.45, 7) is 3.77. The van der Waals surface area contributed by atoms with Crippen molar-refractivity contribution in [1.82, 2.24) is 4.98 Å². The molecule has 0 aliphatic carbocycles. The van der Waals surface area contributed by atoms with Crippen LogP contribution in [0.5, 0.6) is 0 Å². The number of hydrogen-bond donors (Lipinski definition) is 0. The average Bonchev–Trinajstić information content (AvgIpc) is 3.04. The predicted octanol–water partition coefficient (Wildman–Crippen LogP) is 2.67. The number of nitrogens with zero attached hydrogens (tertiary/aromatic N) is 2. The minimum atomic E-state index is -0.607. The van der Waals surface area contributed by atoms with Crippen LogP contribution in [0.2, 0.25) is 0 Å². The Balaban J connectivity index is 2.27. The third kappa shape index (κ3) is 3.30. The van der Waals surface area contributed by atoms with Gasteiger partial charge in [-0.2, -0.15) is 0 Å². The number of Topliss-reactive ketones (excluding diaryl/α,β-unsaturated/α-hetero) is 1. The van der Waals surface area contributed by atoms with Crippen LogP contribution in [0.3, 0.4) is 0 Å². The summed E-state index contributed by atoms with van der Waals surface area (Å²) >= 11 is 1.17. The minimum absolute atomic E-state index is 0.0625. The van der Waals surface area contributed by atoms with Gasteiger partial charge in [0.15, 0.2) is 16.6 Å². The number of carbonyl (C=O) groups excluding carboxylic acids is 2. The maximum absolute atomic E-state index is 11.7. The number of thiazole rings is 1. The number of rotatable bonds is 5. The lowest BCUT2D eigenvalue weighted by molar-refractivity contribution is 0.0591. The number of aryl methyl sites for hydroxylation is 1. The first-order chi connectivity index (χ1) is 9.92. The molecule has 0 atom stereocenters. The maximum atomic E-state index is 11.7. The van der Waals surface area contributed by atoms with Crippen molar-refractivity contribution in [3.63, 3.8) is 0 Å². The van der Waals surface area contributed by atoms with Gasteiger partial charge in [-0.1, -0.05) is 11.3 Å². The van der Waals surface area contributed by atoms with Crippen LogP contribution >= 0.6 is 11.3 Å². The van der Waals surface area contributed by atoms with Gasteiger partial charge in [-0.25, -0.2) is 9.78 Å². The van der Waals surface area contributed by atoms with Gasteiger partial charge in [-0.05, 0) is 19.1 Å². The normalized spacial score (nSPS) is 10.5. The van der Waals surface area contributed by atoms with E-state index < -0.39 is 5.97 Å². The zero-order valence-corrected chi connectivity index (χ0v) is 13.1. The molecule has 2 heterocycles. The lowest BCUT2D eigenvalue weighted by Gasteiger charge is -2.13. The number of aromatic nitrogens is 1. The Morgan fingerprint density at radius 3 is 2.67 bits per heavy atom. The first kappa shape index (κ1) is 15.2. The molecule has 0 aliphatic heterocycles. The number of carbonyl (C=O) groups is 2. The standard InChI is InChI=1S/C14H16N2O4S/c1-8-5-6-10(20-8)7-16(3)14-15-11(13(18)19-4)12(21-14)9(2)17/h5-6H,7H2,1-4H3. The second-order valence-corrected chi connectivity index (χ2v) is 5.57. The van der Waals surface area contributed by atoms with E-state index in [1.165, 1.54) is 25.4 Å². The molecular formula is C14H16N2O4S. The summed E-state index contributed by atoms with van der Waals surface area (Å²) in [5.41, 5.74) is 0.0625. The van der Waals surface area contributed by atoms with Crippen LogP contribution in [0.1, 0.15) is 38.6 Å². The number of hydrogen-bond acceptors (Lipinski definition) is 7. The summed E-state index contributed by atoms with van der Waals surface area (Å²) in [5, 5.41) is 0.564. The molecule has 21 heavy (non-hydrogen) atoms. The fourth-order valence-electron chi connectivity index (χ4n) is 1.82. The summed E-state index contributed by atoms with van der Waals surface area (Å²) in [6, 6.07) is 3.76. The van der Waals surface area contributed by atoms with E-state index in [1.54, 1.807) is 0 Å². The molecular weight excluding hydrogens is 292 g/mol. The lowest BCUT2D eigenvalue weighted by atomic mass is 10.3. The molecule has 2 aromatic rings. The van der Waals surface area contributed by atoms with Crippen LogP contribution in [-0.4, -0.2) is 30.9 Å². The Morgan fingerprint density at radius 2 is 2.14 bits per heavy atom. The molecule has 2 aromatic heterocycles. The Bertz CT molecular complexity index is 674. The molecule has 6 nitrogen and oxygen atoms in total. The highest BCUT2D eigenvalue weighted by atomic mass is 32.1. The molecule has 0 fully saturated rings. The molecule has 0 unspecified atom stereocenters. The van der Waals surface area contributed by atoms with Crippen molar-refractivity contribution < 1.29 is 18.7 Å². The zero-order valence-electron chi connectivity index (χ0n) is 12.3. The number of anilines is 1. The SMILES string of the molecule is COC(=O)c1nc(N(C)Cc2ccc(C)o2)sc1C(C)=O. The first-order valence-electron chi connectivity index (χ1n) is 6.29. The first-order valence-corrected chi connectivity index (χ1v) is 7.10. The Labute approximate surface area is 126 Å². The highest BCUT2D eigenvalue weighted by Gasteiger charge is 2.23. The van der Waals surface area contributed by atoms with Crippen molar-refractivity contribution in [2.45, 2.75) is 20.4 Å². The van der Waals surface area contributed by atoms with Gasteiger partial charge in [0.1, 0.15) is 16.4 Å². The van der Waals surface area contributed by atoms with E-state index in [4.69, 9.17) is 4.42 Å². The molecule has 112 valence electrons. The maximum Gasteiger partial charge on any atom is 0.358 e. The second kappa shape index (κ2) is 6.09. The van der Waals surface area contributed by atoms with Crippen molar-refractivity contribution in [2.24, 2.45) is 0 Å². The lowest BCUT2D eigenvalue weighted by Crippen LogP contribution is -2.16. The van der Waals surface area contributed by atoms with E-state index in [1.807, 2.05) is 31.0 Å². The van der Waals surface area contributed by atoms with Gasteiger partial charge in [0, 0.05) is 14.0 Å². The van der Waals surface area contributed by atoms with Crippen LogP contribution in [0.4, 0.5) is 5.13 Å². The van der Waals surface area contributed by atoms with Crippen LogP contribution in [0, 0.1) is 6.92 Å². The van der Waals surface area contributed by atoms with Gasteiger partial charge in [0.25, 0.3) is 0 Å². The Kier molecular flexibility index (Phi) is 4.42. The molecule has 0 saturated carbocycles. The van der Waals surface area contributed by atoms with Gasteiger partial charge in [0.2, 0.25) is 0 Å². The fraction of sp³-hybridized carbons (Fsp3) is 0.357. The number of methoxy groups -OCH3 is 1. The van der Waals surface area contributed by atoms with Gasteiger partial charge in [0.05, 0.1) is 13.7 Å². The molecule has 0 N–H and O–H groups in total. The minimum Gasteiger partial charge on any atom is -0.464 e. The molecule has 0 radical (unpaired) electrons. The summed E-state index contributed by atoms with van der Waals surface area (Å²) in [7, 11) is 3.09. The Morgan fingerprint density at radius 1 is 1.43 bits per heavy atom. The quantitative estimate of drug-likeness (QED) is 0.624. The van der Waals surface area contributed by atoms with Crippen LogP contribution in [0.25, 0.3) is 0 Å². The van der Waals surface area contributed by atoms with E-state index in [2.05, 4.69) is 9.72 Å². The highest BCUT2D eigenvalue weighted by Crippen LogP contribution is 2.28. The van der Waals surface area contributed by atoms with E-state index >= 15 is 0 Å². The predicted molar refractivity (Wildman–Crippen MR) is 79.0 cm³/mol. The molecule has 0 spiro atoms. The van der Waals surface area contributed by atoms with E-state index in [0.717, 1.165) is 11.5 Å². The van der Waals surface area contributed by atoms with Crippen LogP contribution in [-0.2, 0) is 11.3 Å². The molecule has 0 amide bonds. The van der Waals surface area contributed by atoms with Gasteiger partial charge in [-0.3, -0.25) is 4.79 Å². The number of esters is 1. The smallest absolute Gasteiger partial charge is 0.358 e. The fourth-order valence-corrected chi connectivity index (χ4v) is 2.73. The van der Waals surface area contributed by atoms with E-state index in [0.29, 0.717) is 16.6 Å². The van der Waals surface area contributed by atoms with Crippen molar-refractivity contribution >= 4 is 28.2 Å². The third-order valence-corrected chi connectivity index (χ3v) is 4.10. The van der Waals surface area contributed by atoms with Crippen molar-refractivity contribution in [2.75, 3.05) is 19.1 Å². The second-order valence-electron chi connectivity index (χ2n) is 4.59. The molecule has 2 rings (SSSR count). The number of ether oxygens (including phenoxy) is 1. The molecule has 0 aliphatic rings. The molecule has 7 heteroatoms. The van der Waals surface area contributed by atoms with E-state index in [-0.39, 0.29) is 11.5 Å². The monoisotopic (exact) mass is 308 g/mol. The van der Waals surface area contributed by atoms with Gasteiger partial charge in [-0.15, -0.1) is 0 Å².